The number of hydrogen-bond donors (Lipinski definition) is 1. The molecule has 0 aromatic carbocycles. The van der Waals surface area contributed by atoms with Crippen LogP contribution in [0.1, 0.15) is 37.1 Å². The standard InChI is InChI=1S/C13H20Br2N2S/c1-2-3-9-4-5-17(8-9)11(7-16)12-6-10(14)13(15)18-12/h6,9,11H,2-5,7-8,16H2,1H3. The molecule has 1 fully saturated rings. The molecular formula is C13H20Br2N2S. The molecule has 0 spiro atoms. The van der Waals surface area contributed by atoms with Crippen molar-refractivity contribution in [1.82, 2.24) is 4.90 Å². The lowest BCUT2D eigenvalue weighted by Crippen LogP contribution is -2.31. The molecule has 18 heavy (non-hydrogen) atoms. The molecule has 2 nitrogen and oxygen atoms in total. The second kappa shape index (κ2) is 6.84. The van der Waals surface area contributed by atoms with Crippen molar-refractivity contribution in [2.75, 3.05) is 19.6 Å². The van der Waals surface area contributed by atoms with E-state index < -0.39 is 0 Å². The van der Waals surface area contributed by atoms with E-state index >= 15 is 0 Å². The van der Waals surface area contributed by atoms with Gasteiger partial charge in [0.15, 0.2) is 0 Å². The summed E-state index contributed by atoms with van der Waals surface area (Å²) in [7, 11) is 0. The van der Waals surface area contributed by atoms with Gasteiger partial charge in [-0.2, -0.15) is 0 Å². The summed E-state index contributed by atoms with van der Waals surface area (Å²) in [6.07, 6.45) is 3.98. The Balaban J connectivity index is 2.05. The van der Waals surface area contributed by atoms with Crippen molar-refractivity contribution in [3.8, 4) is 0 Å². The fourth-order valence-corrected chi connectivity index (χ4v) is 5.00. The summed E-state index contributed by atoms with van der Waals surface area (Å²) < 4.78 is 2.31. The fourth-order valence-electron chi connectivity index (χ4n) is 2.76. The summed E-state index contributed by atoms with van der Waals surface area (Å²) in [4.78, 5) is 3.93. The van der Waals surface area contributed by atoms with Crippen molar-refractivity contribution in [2.45, 2.75) is 32.2 Å². The van der Waals surface area contributed by atoms with E-state index in [9.17, 15) is 0 Å². The molecule has 2 unspecified atom stereocenters. The molecule has 1 aliphatic heterocycles. The van der Waals surface area contributed by atoms with Gasteiger partial charge in [-0.05, 0) is 63.2 Å². The highest BCUT2D eigenvalue weighted by molar-refractivity contribution is 9.13. The van der Waals surface area contributed by atoms with Crippen LogP contribution in [0.15, 0.2) is 14.3 Å². The minimum Gasteiger partial charge on any atom is -0.329 e. The maximum atomic E-state index is 6.00. The second-order valence-electron chi connectivity index (χ2n) is 4.96. The van der Waals surface area contributed by atoms with Crippen LogP contribution >= 0.6 is 43.2 Å². The Morgan fingerprint density at radius 2 is 2.33 bits per heavy atom. The van der Waals surface area contributed by atoms with E-state index in [1.165, 1.54) is 41.0 Å². The van der Waals surface area contributed by atoms with Crippen LogP contribution in [-0.2, 0) is 0 Å². The minimum absolute atomic E-state index is 0.388. The first-order chi connectivity index (χ1) is 8.65. The van der Waals surface area contributed by atoms with E-state index in [1.807, 2.05) is 0 Å². The average Bonchev–Trinajstić information content (AvgIpc) is 2.90. The molecule has 2 atom stereocenters. The molecule has 1 aromatic heterocycles. The zero-order valence-electron chi connectivity index (χ0n) is 10.7. The third-order valence-electron chi connectivity index (χ3n) is 3.67. The summed E-state index contributed by atoms with van der Waals surface area (Å²) in [6.45, 7) is 5.39. The number of nitrogens with zero attached hydrogens (tertiary/aromatic N) is 1. The van der Waals surface area contributed by atoms with E-state index in [0.29, 0.717) is 12.6 Å². The third kappa shape index (κ3) is 3.37. The molecule has 0 aliphatic carbocycles. The molecule has 1 aliphatic rings. The summed E-state index contributed by atoms with van der Waals surface area (Å²) in [6, 6.07) is 2.60. The Morgan fingerprint density at radius 1 is 1.56 bits per heavy atom. The molecule has 0 amide bonds. The second-order valence-corrected chi connectivity index (χ2v) is 8.22. The van der Waals surface area contributed by atoms with Crippen LogP contribution in [0.25, 0.3) is 0 Å². The lowest BCUT2D eigenvalue weighted by Gasteiger charge is -2.25. The predicted octanol–water partition coefficient (Wildman–Crippen LogP) is 4.39. The summed E-state index contributed by atoms with van der Waals surface area (Å²) in [5, 5.41) is 0. The molecular weight excluding hydrogens is 376 g/mol. The largest absolute Gasteiger partial charge is 0.329 e. The summed E-state index contributed by atoms with van der Waals surface area (Å²) in [5.74, 6) is 0.871. The van der Waals surface area contributed by atoms with Gasteiger partial charge < -0.3 is 5.73 Å². The first-order valence-electron chi connectivity index (χ1n) is 6.54. The van der Waals surface area contributed by atoms with Crippen molar-refractivity contribution in [2.24, 2.45) is 11.7 Å². The van der Waals surface area contributed by atoms with Gasteiger partial charge in [-0.15, -0.1) is 11.3 Å². The van der Waals surface area contributed by atoms with Gasteiger partial charge in [-0.25, -0.2) is 0 Å². The van der Waals surface area contributed by atoms with Gasteiger partial charge in [-0.1, -0.05) is 13.3 Å². The van der Waals surface area contributed by atoms with Crippen molar-refractivity contribution in [3.63, 3.8) is 0 Å². The number of halogens is 2. The summed E-state index contributed by atoms with van der Waals surface area (Å²) in [5.41, 5.74) is 6.00. The quantitative estimate of drug-likeness (QED) is 0.800. The van der Waals surface area contributed by atoms with Crippen LogP contribution in [0.4, 0.5) is 0 Å². The van der Waals surface area contributed by atoms with Gasteiger partial charge in [0.1, 0.15) is 0 Å². The topological polar surface area (TPSA) is 29.3 Å². The van der Waals surface area contributed by atoms with Gasteiger partial charge >= 0.3 is 0 Å². The summed E-state index contributed by atoms with van der Waals surface area (Å²) >= 11 is 8.93. The lowest BCUT2D eigenvalue weighted by molar-refractivity contribution is 0.243. The number of thiophene rings is 1. The smallest absolute Gasteiger partial charge is 0.0843 e. The van der Waals surface area contributed by atoms with Crippen molar-refractivity contribution < 1.29 is 0 Å². The van der Waals surface area contributed by atoms with Gasteiger partial charge in [0, 0.05) is 22.4 Å². The maximum absolute atomic E-state index is 6.00. The van der Waals surface area contributed by atoms with Crippen LogP contribution in [-0.4, -0.2) is 24.5 Å². The monoisotopic (exact) mass is 394 g/mol. The van der Waals surface area contributed by atoms with E-state index in [-0.39, 0.29) is 0 Å². The molecule has 1 aromatic rings. The van der Waals surface area contributed by atoms with Crippen LogP contribution in [0.3, 0.4) is 0 Å². The Bertz CT molecular complexity index is 375. The molecule has 2 heterocycles. The molecule has 5 heteroatoms. The van der Waals surface area contributed by atoms with Crippen molar-refractivity contribution >= 4 is 43.2 Å². The first kappa shape index (κ1) is 15.0. The van der Waals surface area contributed by atoms with E-state index in [0.717, 1.165) is 10.4 Å². The van der Waals surface area contributed by atoms with E-state index in [2.05, 4.69) is 49.7 Å². The fraction of sp³-hybridized carbons (Fsp3) is 0.692. The molecule has 102 valence electrons. The third-order valence-corrected chi connectivity index (χ3v) is 7.03. The normalized spacial score (nSPS) is 22.6. The van der Waals surface area contributed by atoms with Crippen LogP contribution in [0.5, 0.6) is 0 Å². The first-order valence-corrected chi connectivity index (χ1v) is 8.94. The highest BCUT2D eigenvalue weighted by atomic mass is 79.9. The van der Waals surface area contributed by atoms with E-state index in [4.69, 9.17) is 5.73 Å². The molecule has 0 saturated carbocycles. The van der Waals surface area contributed by atoms with E-state index in [1.54, 1.807) is 11.3 Å². The van der Waals surface area contributed by atoms with Crippen molar-refractivity contribution in [3.05, 3.63) is 19.2 Å². The average molecular weight is 396 g/mol. The van der Waals surface area contributed by atoms with Gasteiger partial charge in [-0.3, -0.25) is 4.90 Å². The van der Waals surface area contributed by atoms with Gasteiger partial charge in [0.05, 0.1) is 9.83 Å². The Kier molecular flexibility index (Phi) is 5.69. The Labute approximate surface area is 130 Å². The van der Waals surface area contributed by atoms with Crippen LogP contribution < -0.4 is 5.73 Å². The van der Waals surface area contributed by atoms with Crippen LogP contribution in [0, 0.1) is 5.92 Å². The highest BCUT2D eigenvalue weighted by Gasteiger charge is 2.29. The SMILES string of the molecule is CCCC1CCN(C(CN)c2cc(Br)c(Br)s2)C1. The number of hydrogen-bond acceptors (Lipinski definition) is 3. The molecule has 2 N–H and O–H groups in total. The molecule has 2 rings (SSSR count). The highest BCUT2D eigenvalue weighted by Crippen LogP contribution is 2.38. The number of rotatable bonds is 5. The molecule has 1 saturated heterocycles. The lowest BCUT2D eigenvalue weighted by atomic mass is 10.0. The Hall–Kier alpha value is 0.580. The predicted molar refractivity (Wildman–Crippen MR) is 86.1 cm³/mol. The minimum atomic E-state index is 0.388. The number of likely N-dealkylation sites (tertiary alicyclic amines) is 1. The van der Waals surface area contributed by atoms with Crippen molar-refractivity contribution in [1.29, 1.82) is 0 Å². The molecule has 0 radical (unpaired) electrons. The molecule has 0 bridgehead atoms. The zero-order valence-corrected chi connectivity index (χ0v) is 14.7. The van der Waals surface area contributed by atoms with Gasteiger partial charge in [0.2, 0.25) is 0 Å². The van der Waals surface area contributed by atoms with Gasteiger partial charge in [0.25, 0.3) is 0 Å². The number of nitrogens with two attached hydrogens (primary N) is 1. The Morgan fingerprint density at radius 3 is 2.89 bits per heavy atom. The maximum Gasteiger partial charge on any atom is 0.0843 e. The van der Waals surface area contributed by atoms with Crippen LogP contribution in [0.2, 0.25) is 0 Å². The zero-order chi connectivity index (χ0) is 13.1.